The molecular weight excluding hydrogens is 857 g/mol. The Morgan fingerprint density at radius 2 is 0.562 bits per heavy atom. The summed E-state index contributed by atoms with van der Waals surface area (Å²) in [7, 11) is 4.34. The summed E-state index contributed by atoms with van der Waals surface area (Å²) >= 11 is 7.04. The molecule has 0 spiro atoms. The van der Waals surface area contributed by atoms with Gasteiger partial charge in [0.1, 0.15) is 0 Å². The molecule has 0 saturated carbocycles. The number of halogens is 1. The molecule has 12 rings (SSSR count). The van der Waals surface area contributed by atoms with Gasteiger partial charge in [-0.05, 0) is 143 Å². The third kappa shape index (κ3) is 8.03. The van der Waals surface area contributed by atoms with E-state index in [-0.39, 0.29) is 0 Å². The maximum absolute atomic E-state index is 4.34. The van der Waals surface area contributed by atoms with Gasteiger partial charge in [-0.3, -0.25) is 0 Å². The number of thiol groups is 1. The molecule has 0 amide bonds. The maximum atomic E-state index is 4.34. The molecule has 64 heavy (non-hydrogen) atoms. The number of fused-ring (bicyclic) bond motifs is 6. The molecule has 0 aliphatic rings. The van der Waals surface area contributed by atoms with Crippen LogP contribution in [0.4, 0.5) is 0 Å². The molecule has 0 aliphatic carbocycles. The van der Waals surface area contributed by atoms with Crippen molar-refractivity contribution in [2.75, 3.05) is 0 Å². The van der Waals surface area contributed by atoms with E-state index in [0.29, 0.717) is 0 Å². The van der Waals surface area contributed by atoms with Crippen LogP contribution in [0.2, 0.25) is 0 Å². The second-order valence-electron chi connectivity index (χ2n) is 15.9. The molecule has 0 heterocycles. The predicted octanol–water partition coefficient (Wildman–Crippen LogP) is 17.9. The summed E-state index contributed by atoms with van der Waals surface area (Å²) in [5.41, 5.74) is 10.1. The van der Waals surface area contributed by atoms with E-state index in [9.17, 15) is 0 Å². The van der Waals surface area contributed by atoms with Crippen LogP contribution in [0.1, 0.15) is 0 Å². The van der Waals surface area contributed by atoms with Gasteiger partial charge in [-0.25, -0.2) is 0 Å². The van der Waals surface area contributed by atoms with Crippen molar-refractivity contribution in [1.29, 1.82) is 0 Å². The molecule has 0 fully saturated rings. The van der Waals surface area contributed by atoms with Gasteiger partial charge in [0.2, 0.25) is 0 Å². The molecule has 1 radical (unpaired) electrons. The molecule has 0 aliphatic heterocycles. The molecule has 1 nitrogen and oxygen atoms in total. The van der Waals surface area contributed by atoms with Gasteiger partial charge in [0, 0.05) is 4.47 Å². The van der Waals surface area contributed by atoms with Crippen molar-refractivity contribution in [3.05, 3.63) is 241 Å². The molecule has 0 saturated heterocycles. The van der Waals surface area contributed by atoms with Crippen LogP contribution in [-0.4, -0.2) is 7.64 Å². The molecule has 12 aromatic rings. The summed E-state index contributed by atoms with van der Waals surface area (Å²) < 4.78 is 3.86. The van der Waals surface area contributed by atoms with Crippen LogP contribution in [0.15, 0.2) is 245 Å². The van der Waals surface area contributed by atoms with E-state index >= 15 is 0 Å². The zero-order chi connectivity index (χ0) is 43.4. The van der Waals surface area contributed by atoms with Crippen molar-refractivity contribution in [3.8, 4) is 44.5 Å². The first-order valence-corrected chi connectivity index (χ1v) is 22.5. The van der Waals surface area contributed by atoms with Gasteiger partial charge in [-0.2, -0.15) is 0 Å². The molecule has 12 aromatic carbocycles. The Labute approximate surface area is 388 Å². The Balaban J connectivity index is 0.000000143. The van der Waals surface area contributed by atoms with Crippen LogP contribution in [0.25, 0.3) is 109 Å². The number of rotatable bonds is 4. The average Bonchev–Trinajstić information content (AvgIpc) is 3.36. The Morgan fingerprint density at radius 1 is 0.281 bits per heavy atom. The fourth-order valence-corrected chi connectivity index (χ4v) is 9.80. The van der Waals surface area contributed by atoms with Gasteiger partial charge in [-0.1, -0.05) is 218 Å². The normalized spacial score (nSPS) is 11.0. The van der Waals surface area contributed by atoms with Crippen LogP contribution in [0.5, 0.6) is 0 Å². The van der Waals surface area contributed by atoms with E-state index in [0.717, 1.165) is 4.47 Å². The van der Waals surface area contributed by atoms with Crippen LogP contribution >= 0.6 is 28.7 Å². The first kappa shape index (κ1) is 40.9. The maximum Gasteiger partial charge on any atom is -0.00268 e. The summed E-state index contributed by atoms with van der Waals surface area (Å²) in [5.74, 6) is 0. The van der Waals surface area contributed by atoms with Crippen molar-refractivity contribution in [3.63, 3.8) is 0 Å². The van der Waals surface area contributed by atoms with Crippen molar-refractivity contribution < 1.29 is 0 Å². The van der Waals surface area contributed by atoms with Crippen molar-refractivity contribution >= 4 is 101 Å². The average molecular weight is 898 g/mol. The van der Waals surface area contributed by atoms with Gasteiger partial charge in [0.05, 0.1) is 0 Å². The van der Waals surface area contributed by atoms with E-state index < -0.39 is 0 Å². The standard InChI is InChI=1S/C30H19Br.C30H20.BHNS/c31-30-27-11-5-3-9-25(27)29(26-10-4-6-12-28(26)30)22-16-13-21(14-17-22)24-18-15-20-7-1-2-8-23(20)19-24;1-2-8-24-19-25(18-15-21(24)7-1)22-13-16-23(17-14-22)30-28-11-5-3-9-26(28)20-27-10-4-6-12-29(27)30;1-2-3/h1-19H;1-20H;3H. The van der Waals surface area contributed by atoms with Crippen LogP contribution in [0, 0.1) is 0 Å². The fourth-order valence-electron chi connectivity index (χ4n) is 9.11. The summed E-state index contributed by atoms with van der Waals surface area (Å²) in [6, 6.07) is 85.4. The molecule has 0 N–H and O–H groups in total. The first-order valence-electron chi connectivity index (χ1n) is 21.3. The summed E-state index contributed by atoms with van der Waals surface area (Å²) in [5, 5.41) is 15.3. The van der Waals surface area contributed by atoms with Crippen molar-refractivity contribution in [2.45, 2.75) is 0 Å². The van der Waals surface area contributed by atoms with Crippen LogP contribution < -0.4 is 0 Å². The Morgan fingerprint density at radius 3 is 0.969 bits per heavy atom. The Bertz CT molecular complexity index is 3550. The Hall–Kier alpha value is -7.11. The fraction of sp³-hybridized carbons (Fsp3) is 0. The smallest absolute Gasteiger partial charge is 0.00268 e. The third-order valence-corrected chi connectivity index (χ3v) is 13.0. The second-order valence-corrected chi connectivity index (χ2v) is 16.9. The monoisotopic (exact) mass is 896 g/mol. The summed E-state index contributed by atoms with van der Waals surface area (Å²) in [6.45, 7) is 0. The summed E-state index contributed by atoms with van der Waals surface area (Å²) in [6.07, 6.45) is 0. The van der Waals surface area contributed by atoms with Gasteiger partial charge in [-0.15, -0.1) is 0 Å². The van der Waals surface area contributed by atoms with Gasteiger partial charge in [0.15, 0.2) is 0 Å². The molecule has 0 unspecified atom stereocenters. The topological polar surface area (TPSA) is 12.4 Å². The van der Waals surface area contributed by atoms with Gasteiger partial charge in [0.25, 0.3) is 0 Å². The van der Waals surface area contributed by atoms with Crippen LogP contribution in [0.3, 0.4) is 0 Å². The third-order valence-electron chi connectivity index (χ3n) is 12.1. The second kappa shape index (κ2) is 18.3. The van der Waals surface area contributed by atoms with Crippen molar-refractivity contribution in [1.82, 2.24) is 0 Å². The van der Waals surface area contributed by atoms with E-state index in [1.807, 2.05) is 0 Å². The molecule has 301 valence electrons. The number of hydrogen-bond donors (Lipinski definition) is 1. The minimum Gasteiger partial charge on any atom is -0.0616 e. The van der Waals surface area contributed by atoms with E-state index in [2.05, 4.69) is 277 Å². The molecular formula is C60H40BBrNS. The number of benzene rings is 12. The SMILES string of the molecule is Brc1c2ccccc2c(-c2ccc(-c3ccc4ccccc4c3)cc2)c2ccccc12.[B]=NS.c1ccc2cc(-c3ccc(-c4c5ccccc5cc5ccccc45)cc3)ccc2c1. The number of nitrogens with zero attached hydrogens (tertiary/aromatic N) is 1. The Kier molecular flexibility index (Phi) is 11.7. The zero-order valence-electron chi connectivity index (χ0n) is 34.9. The largest absolute Gasteiger partial charge is 0.0616 e. The quantitative estimate of drug-likeness (QED) is 0.103. The van der Waals surface area contributed by atoms with Crippen molar-refractivity contribution in [2.24, 2.45) is 4.30 Å². The summed E-state index contributed by atoms with van der Waals surface area (Å²) in [4.78, 5) is 0. The van der Waals surface area contributed by atoms with E-state index in [1.54, 1.807) is 0 Å². The number of hydrogen-bond acceptors (Lipinski definition) is 2. The predicted molar refractivity (Wildman–Crippen MR) is 285 cm³/mol. The van der Waals surface area contributed by atoms with E-state index in [4.69, 9.17) is 0 Å². The van der Waals surface area contributed by atoms with Gasteiger partial charge >= 0.3 is 24.8 Å². The zero-order valence-corrected chi connectivity index (χ0v) is 37.3. The first-order chi connectivity index (χ1) is 31.6. The molecule has 0 bridgehead atoms. The minimum atomic E-state index is 1.16. The van der Waals surface area contributed by atoms with E-state index in [1.165, 1.54) is 109 Å². The minimum absolute atomic E-state index is 1.16. The molecule has 0 atom stereocenters. The van der Waals surface area contributed by atoms with Gasteiger partial charge < -0.3 is 0 Å². The molecule has 0 aromatic heterocycles. The van der Waals surface area contributed by atoms with Crippen LogP contribution in [-0.2, 0) is 0 Å². The molecule has 4 heteroatoms.